The first-order valence-electron chi connectivity index (χ1n) is 8.74. The van der Waals surface area contributed by atoms with Crippen LogP contribution in [0.15, 0.2) is 24.3 Å². The molecule has 3 amide bonds. The zero-order valence-corrected chi connectivity index (χ0v) is 14.8. The van der Waals surface area contributed by atoms with Gasteiger partial charge in [-0.2, -0.15) is 0 Å². The molecule has 0 saturated carbocycles. The predicted molar refractivity (Wildman–Crippen MR) is 94.0 cm³/mol. The number of imide groups is 1. The third-order valence-electron chi connectivity index (χ3n) is 4.86. The van der Waals surface area contributed by atoms with E-state index in [2.05, 4.69) is 15.1 Å². The Morgan fingerprint density at radius 1 is 1.04 bits per heavy atom. The Hall–Kier alpha value is -2.15. The van der Waals surface area contributed by atoms with Gasteiger partial charge < -0.3 is 10.2 Å². The first-order chi connectivity index (χ1) is 11.9. The number of nitrogens with one attached hydrogen (secondary N) is 1. The second-order valence-corrected chi connectivity index (χ2v) is 7.17. The highest BCUT2D eigenvalue weighted by Gasteiger charge is 2.43. The number of anilines is 1. The number of urea groups is 1. The Kier molecular flexibility index (Phi) is 4.94. The van der Waals surface area contributed by atoms with Crippen molar-refractivity contribution in [2.45, 2.75) is 25.8 Å². The SMILES string of the molecule is CC1(C)NC(=O)N(CCCN2CCN(c3ccc(F)cc3)CC2)C1=O. The molecule has 2 saturated heterocycles. The molecule has 7 heteroatoms. The lowest BCUT2D eigenvalue weighted by Crippen LogP contribution is -2.47. The normalized spacial score (nSPS) is 20.9. The van der Waals surface area contributed by atoms with Crippen molar-refractivity contribution in [1.29, 1.82) is 0 Å². The Morgan fingerprint density at radius 3 is 2.24 bits per heavy atom. The standard InChI is InChI=1S/C18H25FN4O2/c1-18(2)16(24)23(17(25)20-18)9-3-8-21-10-12-22(13-11-21)15-6-4-14(19)5-7-15/h4-7H,3,8-13H2,1-2H3,(H,20,25). The quantitative estimate of drug-likeness (QED) is 0.823. The molecule has 0 unspecified atom stereocenters. The van der Waals surface area contributed by atoms with Gasteiger partial charge in [-0.3, -0.25) is 14.6 Å². The molecule has 1 aromatic rings. The van der Waals surface area contributed by atoms with Gasteiger partial charge in [-0.25, -0.2) is 9.18 Å². The molecule has 2 heterocycles. The van der Waals surface area contributed by atoms with Gasteiger partial charge in [0.2, 0.25) is 0 Å². The van der Waals surface area contributed by atoms with Crippen LogP contribution in [0.5, 0.6) is 0 Å². The molecule has 6 nitrogen and oxygen atoms in total. The summed E-state index contributed by atoms with van der Waals surface area (Å²) in [5.74, 6) is -0.371. The van der Waals surface area contributed by atoms with Crippen molar-refractivity contribution in [2.24, 2.45) is 0 Å². The van der Waals surface area contributed by atoms with Gasteiger partial charge in [-0.15, -0.1) is 0 Å². The van der Waals surface area contributed by atoms with Gasteiger partial charge in [0.15, 0.2) is 0 Å². The van der Waals surface area contributed by atoms with Crippen molar-refractivity contribution in [3.8, 4) is 0 Å². The molecule has 0 bridgehead atoms. The minimum absolute atomic E-state index is 0.154. The van der Waals surface area contributed by atoms with Crippen LogP contribution in [0.1, 0.15) is 20.3 Å². The molecule has 2 aliphatic heterocycles. The maximum Gasteiger partial charge on any atom is 0.325 e. The minimum atomic E-state index is -0.794. The van der Waals surface area contributed by atoms with Gasteiger partial charge >= 0.3 is 6.03 Å². The third kappa shape index (κ3) is 3.92. The van der Waals surface area contributed by atoms with E-state index in [0.29, 0.717) is 6.54 Å². The zero-order chi connectivity index (χ0) is 18.0. The molecule has 136 valence electrons. The van der Waals surface area contributed by atoms with Crippen molar-refractivity contribution < 1.29 is 14.0 Å². The largest absolute Gasteiger partial charge is 0.369 e. The predicted octanol–water partition coefficient (Wildman–Crippen LogP) is 1.67. The molecule has 0 atom stereocenters. The van der Waals surface area contributed by atoms with Crippen LogP contribution >= 0.6 is 0 Å². The lowest BCUT2D eigenvalue weighted by Gasteiger charge is -2.36. The van der Waals surface area contributed by atoms with E-state index in [4.69, 9.17) is 0 Å². The molecule has 3 rings (SSSR count). The Balaban J connectivity index is 1.42. The van der Waals surface area contributed by atoms with E-state index in [1.807, 2.05) is 12.1 Å². The number of nitrogens with zero attached hydrogens (tertiary/aromatic N) is 3. The Bertz CT molecular complexity index is 639. The third-order valence-corrected chi connectivity index (χ3v) is 4.86. The summed E-state index contributed by atoms with van der Waals surface area (Å²) >= 11 is 0. The Morgan fingerprint density at radius 2 is 1.68 bits per heavy atom. The number of piperazine rings is 1. The number of benzene rings is 1. The molecule has 1 N–H and O–H groups in total. The van der Waals surface area contributed by atoms with Crippen molar-refractivity contribution in [1.82, 2.24) is 15.1 Å². The molecule has 1 aromatic carbocycles. The summed E-state index contributed by atoms with van der Waals surface area (Å²) in [6, 6.07) is 6.30. The van der Waals surface area contributed by atoms with Crippen LogP contribution in [0.2, 0.25) is 0 Å². The molecule has 2 aliphatic rings. The van der Waals surface area contributed by atoms with Crippen LogP contribution in [0, 0.1) is 5.82 Å². The first kappa shape index (κ1) is 17.7. The summed E-state index contributed by atoms with van der Waals surface area (Å²) in [7, 11) is 0. The minimum Gasteiger partial charge on any atom is -0.369 e. The van der Waals surface area contributed by atoms with Crippen molar-refractivity contribution in [2.75, 3.05) is 44.2 Å². The fraction of sp³-hybridized carbons (Fsp3) is 0.556. The van der Waals surface area contributed by atoms with Gasteiger partial charge in [0.05, 0.1) is 0 Å². The summed E-state index contributed by atoms with van der Waals surface area (Å²) in [6.07, 6.45) is 0.770. The van der Waals surface area contributed by atoms with E-state index < -0.39 is 5.54 Å². The highest BCUT2D eigenvalue weighted by molar-refractivity contribution is 6.06. The summed E-state index contributed by atoms with van der Waals surface area (Å²) in [4.78, 5) is 29.9. The highest BCUT2D eigenvalue weighted by atomic mass is 19.1. The Labute approximate surface area is 147 Å². The lowest BCUT2D eigenvalue weighted by molar-refractivity contribution is -0.130. The maximum absolute atomic E-state index is 13.0. The number of hydrogen-bond acceptors (Lipinski definition) is 4. The topological polar surface area (TPSA) is 55.9 Å². The average Bonchev–Trinajstić information content (AvgIpc) is 2.78. The molecular formula is C18H25FN4O2. The van der Waals surface area contributed by atoms with E-state index in [1.165, 1.54) is 17.0 Å². The van der Waals surface area contributed by atoms with Crippen molar-refractivity contribution >= 4 is 17.6 Å². The number of rotatable bonds is 5. The maximum atomic E-state index is 13.0. The van der Waals surface area contributed by atoms with E-state index in [0.717, 1.165) is 44.8 Å². The van der Waals surface area contributed by atoms with Crippen LogP contribution in [0.3, 0.4) is 0 Å². The number of halogens is 1. The molecule has 0 aromatic heterocycles. The lowest BCUT2D eigenvalue weighted by atomic mass is 10.1. The van der Waals surface area contributed by atoms with Crippen LogP contribution < -0.4 is 10.2 Å². The fourth-order valence-electron chi connectivity index (χ4n) is 3.36. The molecule has 25 heavy (non-hydrogen) atoms. The van der Waals surface area contributed by atoms with Gasteiger partial charge in [-0.1, -0.05) is 0 Å². The summed E-state index contributed by atoms with van der Waals surface area (Å²) in [5.41, 5.74) is 0.250. The second kappa shape index (κ2) is 7.00. The van der Waals surface area contributed by atoms with Gasteiger partial charge in [0.25, 0.3) is 5.91 Å². The number of carbonyl (C=O) groups excluding carboxylic acids is 2. The van der Waals surface area contributed by atoms with E-state index in [9.17, 15) is 14.0 Å². The summed E-state index contributed by atoms with van der Waals surface area (Å²) in [5, 5.41) is 2.70. The molecule has 0 radical (unpaired) electrons. The zero-order valence-electron chi connectivity index (χ0n) is 14.8. The van der Waals surface area contributed by atoms with E-state index >= 15 is 0 Å². The monoisotopic (exact) mass is 348 g/mol. The molecule has 2 fully saturated rings. The van der Waals surface area contributed by atoms with Crippen LogP contribution in [0.4, 0.5) is 14.9 Å². The highest BCUT2D eigenvalue weighted by Crippen LogP contribution is 2.18. The molecule has 0 aliphatic carbocycles. The smallest absolute Gasteiger partial charge is 0.325 e. The second-order valence-electron chi connectivity index (χ2n) is 7.17. The van der Waals surface area contributed by atoms with E-state index in [-0.39, 0.29) is 17.8 Å². The number of amides is 3. The first-order valence-corrected chi connectivity index (χ1v) is 8.74. The summed E-state index contributed by atoms with van der Waals surface area (Å²) < 4.78 is 13.0. The van der Waals surface area contributed by atoms with Crippen LogP contribution in [-0.4, -0.2) is 66.5 Å². The van der Waals surface area contributed by atoms with Gasteiger partial charge in [-0.05, 0) is 51.1 Å². The average molecular weight is 348 g/mol. The molecular weight excluding hydrogens is 323 g/mol. The van der Waals surface area contributed by atoms with Gasteiger partial charge in [0, 0.05) is 38.4 Å². The summed E-state index contributed by atoms with van der Waals surface area (Å²) in [6.45, 7) is 8.38. The van der Waals surface area contributed by atoms with Crippen molar-refractivity contribution in [3.63, 3.8) is 0 Å². The van der Waals surface area contributed by atoms with E-state index in [1.54, 1.807) is 13.8 Å². The fourth-order valence-corrected chi connectivity index (χ4v) is 3.36. The van der Waals surface area contributed by atoms with Crippen LogP contribution in [-0.2, 0) is 4.79 Å². The number of hydrogen-bond donors (Lipinski definition) is 1. The van der Waals surface area contributed by atoms with Crippen LogP contribution in [0.25, 0.3) is 0 Å². The molecule has 0 spiro atoms. The number of carbonyl (C=O) groups is 2. The van der Waals surface area contributed by atoms with Crippen molar-refractivity contribution in [3.05, 3.63) is 30.1 Å². The van der Waals surface area contributed by atoms with Gasteiger partial charge in [0.1, 0.15) is 11.4 Å².